The summed E-state index contributed by atoms with van der Waals surface area (Å²) in [5, 5.41) is 10.1. The molecule has 0 atom stereocenters. The van der Waals surface area contributed by atoms with Crippen molar-refractivity contribution in [3.8, 4) is 0 Å². The van der Waals surface area contributed by atoms with Gasteiger partial charge in [-0.1, -0.05) is 35.9 Å². The van der Waals surface area contributed by atoms with E-state index < -0.39 is 5.97 Å². The van der Waals surface area contributed by atoms with Crippen molar-refractivity contribution < 1.29 is 9.90 Å². The predicted molar refractivity (Wildman–Crippen MR) is 87.3 cm³/mol. The van der Waals surface area contributed by atoms with Gasteiger partial charge < -0.3 is 5.11 Å². The van der Waals surface area contributed by atoms with E-state index in [9.17, 15) is 9.90 Å². The van der Waals surface area contributed by atoms with Crippen molar-refractivity contribution >= 4 is 35.4 Å². The van der Waals surface area contributed by atoms with E-state index in [2.05, 4.69) is 4.98 Å². The molecule has 0 fully saturated rings. The van der Waals surface area contributed by atoms with Crippen LogP contribution in [0.3, 0.4) is 0 Å². The summed E-state index contributed by atoms with van der Waals surface area (Å²) in [4.78, 5) is 16.0. The molecule has 0 aliphatic carbocycles. The SMILES string of the molecule is Cc1cccn2c(C(=O)O)c(/C=C/c3ccc(Cl)cc3)nc12. The van der Waals surface area contributed by atoms with E-state index in [-0.39, 0.29) is 5.69 Å². The highest BCUT2D eigenvalue weighted by atomic mass is 35.5. The Labute approximate surface area is 132 Å². The quantitative estimate of drug-likeness (QED) is 0.790. The van der Waals surface area contributed by atoms with Gasteiger partial charge in [-0.15, -0.1) is 0 Å². The Morgan fingerprint density at radius 3 is 2.64 bits per heavy atom. The predicted octanol–water partition coefficient (Wildman–Crippen LogP) is 4.16. The van der Waals surface area contributed by atoms with Crippen LogP contribution in [0.1, 0.15) is 27.3 Å². The molecule has 0 aliphatic heterocycles. The number of rotatable bonds is 3. The number of hydrogen-bond acceptors (Lipinski definition) is 2. The highest BCUT2D eigenvalue weighted by Crippen LogP contribution is 2.19. The average Bonchev–Trinajstić information content (AvgIpc) is 2.87. The minimum atomic E-state index is -1.01. The maximum Gasteiger partial charge on any atom is 0.355 e. The molecule has 0 saturated carbocycles. The third-order valence-electron chi connectivity index (χ3n) is 3.38. The Balaban J connectivity index is 2.10. The molecule has 1 N–H and O–H groups in total. The van der Waals surface area contributed by atoms with E-state index in [4.69, 9.17) is 11.6 Å². The topological polar surface area (TPSA) is 54.6 Å². The molecule has 1 aromatic carbocycles. The number of nitrogens with zero attached hydrogens (tertiary/aromatic N) is 2. The molecule has 2 aromatic heterocycles. The van der Waals surface area contributed by atoms with Crippen LogP contribution >= 0.6 is 11.6 Å². The molecular formula is C17H13ClN2O2. The monoisotopic (exact) mass is 312 g/mol. The summed E-state index contributed by atoms with van der Waals surface area (Å²) in [6, 6.07) is 11.0. The number of aromatic nitrogens is 2. The van der Waals surface area contributed by atoms with Gasteiger partial charge in [-0.05, 0) is 42.3 Å². The summed E-state index contributed by atoms with van der Waals surface area (Å²) >= 11 is 5.85. The number of pyridine rings is 1. The number of aryl methyl sites for hydroxylation is 1. The zero-order chi connectivity index (χ0) is 15.7. The Kier molecular flexibility index (Phi) is 3.69. The molecule has 0 bridgehead atoms. The van der Waals surface area contributed by atoms with Crippen LogP contribution in [0.25, 0.3) is 17.8 Å². The van der Waals surface area contributed by atoms with Gasteiger partial charge >= 0.3 is 5.97 Å². The fourth-order valence-corrected chi connectivity index (χ4v) is 2.43. The summed E-state index contributed by atoms with van der Waals surface area (Å²) in [6.07, 6.45) is 5.23. The van der Waals surface area contributed by atoms with E-state index >= 15 is 0 Å². The van der Waals surface area contributed by atoms with E-state index in [0.29, 0.717) is 16.4 Å². The highest BCUT2D eigenvalue weighted by molar-refractivity contribution is 6.30. The summed E-state index contributed by atoms with van der Waals surface area (Å²) < 4.78 is 1.60. The van der Waals surface area contributed by atoms with Crippen LogP contribution in [0, 0.1) is 6.92 Å². The van der Waals surface area contributed by atoms with Crippen LogP contribution in [0.5, 0.6) is 0 Å². The van der Waals surface area contributed by atoms with Gasteiger partial charge in [0.15, 0.2) is 5.69 Å². The Bertz CT molecular complexity index is 880. The Hall–Kier alpha value is -2.59. The summed E-state index contributed by atoms with van der Waals surface area (Å²) in [5.41, 5.74) is 3.09. The molecule has 0 unspecified atom stereocenters. The van der Waals surface area contributed by atoms with Gasteiger partial charge in [-0.3, -0.25) is 4.40 Å². The van der Waals surface area contributed by atoms with Gasteiger partial charge in [0.1, 0.15) is 5.65 Å². The van der Waals surface area contributed by atoms with Crippen molar-refractivity contribution in [1.82, 2.24) is 9.38 Å². The molecule has 0 spiro atoms. The number of halogens is 1. The van der Waals surface area contributed by atoms with Crippen LogP contribution in [-0.2, 0) is 0 Å². The zero-order valence-electron chi connectivity index (χ0n) is 11.8. The molecule has 5 heteroatoms. The van der Waals surface area contributed by atoms with Crippen molar-refractivity contribution in [2.75, 3.05) is 0 Å². The lowest BCUT2D eigenvalue weighted by molar-refractivity contribution is 0.0689. The number of imidazole rings is 1. The van der Waals surface area contributed by atoms with Crippen LogP contribution < -0.4 is 0 Å². The van der Waals surface area contributed by atoms with Gasteiger partial charge in [-0.25, -0.2) is 9.78 Å². The Morgan fingerprint density at radius 2 is 1.95 bits per heavy atom. The molecule has 2 heterocycles. The van der Waals surface area contributed by atoms with Crippen molar-refractivity contribution in [1.29, 1.82) is 0 Å². The van der Waals surface area contributed by atoms with E-state index in [1.807, 2.05) is 37.3 Å². The summed E-state index contributed by atoms with van der Waals surface area (Å²) in [7, 11) is 0. The molecule has 0 amide bonds. The van der Waals surface area contributed by atoms with Crippen molar-refractivity contribution in [3.05, 3.63) is 70.1 Å². The number of aromatic carboxylic acids is 1. The second-order valence-corrected chi connectivity index (χ2v) is 5.36. The van der Waals surface area contributed by atoms with E-state index in [1.54, 1.807) is 28.8 Å². The smallest absolute Gasteiger partial charge is 0.355 e. The second-order valence-electron chi connectivity index (χ2n) is 4.92. The number of carboxylic acid groups (broad SMARTS) is 1. The lowest BCUT2D eigenvalue weighted by Crippen LogP contribution is -2.03. The van der Waals surface area contributed by atoms with Gasteiger partial charge in [-0.2, -0.15) is 0 Å². The lowest BCUT2D eigenvalue weighted by Gasteiger charge is -1.98. The number of benzene rings is 1. The number of fused-ring (bicyclic) bond motifs is 1. The van der Waals surface area contributed by atoms with Gasteiger partial charge in [0.05, 0.1) is 5.69 Å². The molecule has 3 aromatic rings. The molecule has 22 heavy (non-hydrogen) atoms. The van der Waals surface area contributed by atoms with Gasteiger partial charge in [0.2, 0.25) is 0 Å². The molecular weight excluding hydrogens is 300 g/mol. The third kappa shape index (κ3) is 2.61. The van der Waals surface area contributed by atoms with E-state index in [1.165, 1.54) is 0 Å². The average molecular weight is 313 g/mol. The molecule has 0 aliphatic rings. The molecule has 0 saturated heterocycles. The van der Waals surface area contributed by atoms with E-state index in [0.717, 1.165) is 11.1 Å². The van der Waals surface area contributed by atoms with Crippen LogP contribution in [0.15, 0.2) is 42.6 Å². The zero-order valence-corrected chi connectivity index (χ0v) is 12.6. The first kappa shape index (κ1) is 14.4. The van der Waals surface area contributed by atoms with Crippen LogP contribution in [-0.4, -0.2) is 20.5 Å². The molecule has 110 valence electrons. The van der Waals surface area contributed by atoms with Crippen LogP contribution in [0.4, 0.5) is 0 Å². The standard InChI is InChI=1S/C17H13ClN2O2/c1-11-3-2-10-20-15(17(21)22)14(19-16(11)20)9-6-12-4-7-13(18)8-5-12/h2-10H,1H3,(H,21,22)/b9-6+. The lowest BCUT2D eigenvalue weighted by atomic mass is 10.2. The number of carbonyl (C=O) groups is 1. The highest BCUT2D eigenvalue weighted by Gasteiger charge is 2.17. The number of hydrogen-bond donors (Lipinski definition) is 1. The fraction of sp³-hybridized carbons (Fsp3) is 0.0588. The van der Waals surface area contributed by atoms with Crippen molar-refractivity contribution in [3.63, 3.8) is 0 Å². The summed E-state index contributed by atoms with van der Waals surface area (Å²) in [6.45, 7) is 1.90. The largest absolute Gasteiger partial charge is 0.476 e. The second kappa shape index (κ2) is 5.66. The van der Waals surface area contributed by atoms with Gasteiger partial charge in [0, 0.05) is 11.2 Å². The minimum absolute atomic E-state index is 0.156. The first-order valence-electron chi connectivity index (χ1n) is 6.71. The van der Waals surface area contributed by atoms with Gasteiger partial charge in [0.25, 0.3) is 0 Å². The maximum absolute atomic E-state index is 11.6. The van der Waals surface area contributed by atoms with Crippen molar-refractivity contribution in [2.45, 2.75) is 6.92 Å². The third-order valence-corrected chi connectivity index (χ3v) is 3.63. The molecule has 3 rings (SSSR count). The first-order chi connectivity index (χ1) is 10.6. The molecule has 4 nitrogen and oxygen atoms in total. The Morgan fingerprint density at radius 1 is 1.23 bits per heavy atom. The maximum atomic E-state index is 11.6. The summed E-state index contributed by atoms with van der Waals surface area (Å²) in [5.74, 6) is -1.01. The van der Waals surface area contributed by atoms with Crippen molar-refractivity contribution in [2.24, 2.45) is 0 Å². The van der Waals surface area contributed by atoms with Crippen LogP contribution in [0.2, 0.25) is 5.02 Å². The number of carboxylic acids is 1. The minimum Gasteiger partial charge on any atom is -0.476 e. The molecule has 0 radical (unpaired) electrons. The first-order valence-corrected chi connectivity index (χ1v) is 7.08. The normalized spacial score (nSPS) is 11.4. The fourth-order valence-electron chi connectivity index (χ4n) is 2.30.